The van der Waals surface area contributed by atoms with Crippen LogP contribution in [0, 0.1) is 20.8 Å². The third-order valence-electron chi connectivity index (χ3n) is 2.83. The zero-order valence-electron chi connectivity index (χ0n) is 10.9. The van der Waals surface area contributed by atoms with Gasteiger partial charge in [-0.15, -0.1) is 0 Å². The van der Waals surface area contributed by atoms with Gasteiger partial charge >= 0.3 is 4.87 Å². The predicted octanol–water partition coefficient (Wildman–Crippen LogP) is 1.72. The molecule has 0 aromatic carbocycles. The lowest BCUT2D eigenvalue weighted by atomic mass is 10.4. The van der Waals surface area contributed by atoms with Gasteiger partial charge in [-0.1, -0.05) is 11.3 Å². The average molecular weight is 264 g/mol. The van der Waals surface area contributed by atoms with E-state index in [0.29, 0.717) is 12.4 Å². The summed E-state index contributed by atoms with van der Waals surface area (Å²) in [6.45, 7) is 6.24. The van der Waals surface area contributed by atoms with Crippen LogP contribution in [0.5, 0.6) is 0 Å². The Morgan fingerprint density at radius 2 is 2.06 bits per heavy atom. The third kappa shape index (κ3) is 2.43. The molecule has 0 unspecified atom stereocenters. The van der Waals surface area contributed by atoms with Crippen LogP contribution < -0.4 is 10.2 Å². The fraction of sp³-hybridized carbons (Fsp3) is 0.417. The van der Waals surface area contributed by atoms with E-state index in [4.69, 9.17) is 0 Å². The predicted molar refractivity (Wildman–Crippen MR) is 73.5 cm³/mol. The van der Waals surface area contributed by atoms with Crippen LogP contribution in [-0.4, -0.2) is 21.6 Å². The van der Waals surface area contributed by atoms with Crippen molar-refractivity contribution < 1.29 is 0 Å². The number of hydrogen-bond acceptors (Lipinski definition) is 5. The average Bonchev–Trinajstić information content (AvgIpc) is 2.55. The Morgan fingerprint density at radius 1 is 1.33 bits per heavy atom. The van der Waals surface area contributed by atoms with Crippen molar-refractivity contribution in [1.82, 2.24) is 14.5 Å². The summed E-state index contributed by atoms with van der Waals surface area (Å²) in [5.74, 6) is 1.43. The molecule has 2 rings (SSSR count). The van der Waals surface area contributed by atoms with Crippen molar-refractivity contribution in [3.05, 3.63) is 37.8 Å². The van der Waals surface area contributed by atoms with E-state index in [1.165, 1.54) is 11.3 Å². The molecule has 5 nitrogen and oxygen atoms in total. The Labute approximate surface area is 110 Å². The second-order valence-electron chi connectivity index (χ2n) is 4.16. The van der Waals surface area contributed by atoms with Crippen LogP contribution in [0.25, 0.3) is 0 Å². The summed E-state index contributed by atoms with van der Waals surface area (Å²) in [7, 11) is 1.82. The molecule has 0 bridgehead atoms. The van der Waals surface area contributed by atoms with E-state index in [0.717, 1.165) is 22.1 Å². The number of aryl methyl sites for hydroxylation is 2. The fourth-order valence-corrected chi connectivity index (χ4v) is 2.57. The third-order valence-corrected chi connectivity index (χ3v) is 3.83. The SMILES string of the molecule is CNc1cc(C)nc(Cn2c(C)c(C)sc2=O)n1. The van der Waals surface area contributed by atoms with Crippen LogP contribution in [-0.2, 0) is 6.54 Å². The molecule has 0 amide bonds. The van der Waals surface area contributed by atoms with E-state index >= 15 is 0 Å². The zero-order chi connectivity index (χ0) is 13.3. The van der Waals surface area contributed by atoms with Crippen molar-refractivity contribution in [1.29, 1.82) is 0 Å². The highest BCUT2D eigenvalue weighted by Gasteiger charge is 2.10. The summed E-state index contributed by atoms with van der Waals surface area (Å²) in [5.41, 5.74) is 1.88. The Bertz CT molecular complexity index is 629. The molecule has 18 heavy (non-hydrogen) atoms. The number of aromatic nitrogens is 3. The Morgan fingerprint density at radius 3 is 2.61 bits per heavy atom. The normalized spacial score (nSPS) is 10.7. The molecule has 96 valence electrons. The maximum atomic E-state index is 11.8. The van der Waals surface area contributed by atoms with Gasteiger partial charge in [-0.25, -0.2) is 9.97 Å². The van der Waals surface area contributed by atoms with Gasteiger partial charge in [-0.3, -0.25) is 9.36 Å². The summed E-state index contributed by atoms with van der Waals surface area (Å²) in [4.78, 5) is 21.6. The van der Waals surface area contributed by atoms with Crippen LogP contribution in [0.4, 0.5) is 5.82 Å². The molecule has 0 fully saturated rings. The second kappa shape index (κ2) is 4.89. The van der Waals surface area contributed by atoms with E-state index in [9.17, 15) is 4.79 Å². The molecular weight excluding hydrogens is 248 g/mol. The highest BCUT2D eigenvalue weighted by Crippen LogP contribution is 2.12. The van der Waals surface area contributed by atoms with Gasteiger partial charge < -0.3 is 5.32 Å². The first-order valence-corrected chi connectivity index (χ1v) is 6.52. The highest BCUT2D eigenvalue weighted by molar-refractivity contribution is 7.09. The number of hydrogen-bond donors (Lipinski definition) is 1. The van der Waals surface area contributed by atoms with E-state index in [1.807, 2.05) is 33.9 Å². The zero-order valence-corrected chi connectivity index (χ0v) is 11.8. The van der Waals surface area contributed by atoms with Crippen LogP contribution in [0.3, 0.4) is 0 Å². The first-order chi connectivity index (χ1) is 8.51. The molecule has 2 heterocycles. The van der Waals surface area contributed by atoms with Crippen LogP contribution in [0.2, 0.25) is 0 Å². The Balaban J connectivity index is 2.39. The lowest BCUT2D eigenvalue weighted by Crippen LogP contribution is -2.17. The molecule has 0 atom stereocenters. The number of anilines is 1. The van der Waals surface area contributed by atoms with Gasteiger partial charge in [0.25, 0.3) is 0 Å². The lowest BCUT2D eigenvalue weighted by Gasteiger charge is -2.07. The van der Waals surface area contributed by atoms with Crippen molar-refractivity contribution in [2.24, 2.45) is 0 Å². The largest absolute Gasteiger partial charge is 0.373 e. The second-order valence-corrected chi connectivity index (χ2v) is 5.32. The van der Waals surface area contributed by atoms with Gasteiger partial charge in [0.15, 0.2) is 5.82 Å². The molecule has 0 saturated carbocycles. The van der Waals surface area contributed by atoms with Crippen LogP contribution in [0.1, 0.15) is 22.1 Å². The summed E-state index contributed by atoms with van der Waals surface area (Å²) >= 11 is 1.27. The van der Waals surface area contributed by atoms with E-state index < -0.39 is 0 Å². The van der Waals surface area contributed by atoms with Crippen molar-refractivity contribution in [2.45, 2.75) is 27.3 Å². The number of nitrogens with one attached hydrogen (secondary N) is 1. The van der Waals surface area contributed by atoms with E-state index in [1.54, 1.807) is 4.57 Å². The molecule has 0 saturated heterocycles. The fourth-order valence-electron chi connectivity index (χ4n) is 1.74. The van der Waals surface area contributed by atoms with Gasteiger partial charge in [-0.05, 0) is 20.8 Å². The van der Waals surface area contributed by atoms with E-state index in [2.05, 4.69) is 15.3 Å². The quantitative estimate of drug-likeness (QED) is 0.917. The van der Waals surface area contributed by atoms with Gasteiger partial charge in [-0.2, -0.15) is 0 Å². The van der Waals surface area contributed by atoms with Crippen molar-refractivity contribution in [3.63, 3.8) is 0 Å². The van der Waals surface area contributed by atoms with Crippen molar-refractivity contribution >= 4 is 17.2 Å². The van der Waals surface area contributed by atoms with Gasteiger partial charge in [0, 0.05) is 29.4 Å². The molecule has 0 radical (unpaired) electrons. The number of thiazole rings is 1. The van der Waals surface area contributed by atoms with Crippen molar-refractivity contribution in [2.75, 3.05) is 12.4 Å². The van der Waals surface area contributed by atoms with E-state index in [-0.39, 0.29) is 4.87 Å². The van der Waals surface area contributed by atoms with Gasteiger partial charge in [0.2, 0.25) is 0 Å². The minimum absolute atomic E-state index is 0.0427. The van der Waals surface area contributed by atoms with Crippen LogP contribution in [0.15, 0.2) is 10.9 Å². The summed E-state index contributed by atoms with van der Waals surface area (Å²) in [6, 6.07) is 1.87. The Kier molecular flexibility index (Phi) is 3.47. The Hall–Kier alpha value is -1.69. The number of rotatable bonds is 3. The maximum absolute atomic E-state index is 11.8. The monoisotopic (exact) mass is 264 g/mol. The molecular formula is C12H16N4OS. The van der Waals surface area contributed by atoms with Crippen LogP contribution >= 0.6 is 11.3 Å². The topological polar surface area (TPSA) is 59.8 Å². The first-order valence-electron chi connectivity index (χ1n) is 5.70. The molecule has 2 aromatic heterocycles. The molecule has 0 spiro atoms. The molecule has 6 heteroatoms. The number of nitrogens with zero attached hydrogens (tertiary/aromatic N) is 3. The maximum Gasteiger partial charge on any atom is 0.307 e. The van der Waals surface area contributed by atoms with Crippen molar-refractivity contribution in [3.8, 4) is 0 Å². The van der Waals surface area contributed by atoms with Gasteiger partial charge in [0.1, 0.15) is 5.82 Å². The molecule has 0 aliphatic heterocycles. The highest BCUT2D eigenvalue weighted by atomic mass is 32.1. The molecule has 1 N–H and O–H groups in total. The summed E-state index contributed by atoms with van der Waals surface area (Å²) in [5, 5.41) is 2.99. The lowest BCUT2D eigenvalue weighted by molar-refractivity contribution is 0.706. The standard InChI is InChI=1S/C12H16N4OS/c1-7-5-10(13-4)15-11(14-7)6-16-8(2)9(3)18-12(16)17/h5H,6H2,1-4H3,(H,13,14,15). The molecule has 0 aliphatic rings. The summed E-state index contributed by atoms with van der Waals surface area (Å²) in [6.07, 6.45) is 0. The first kappa shape index (κ1) is 12.8. The minimum atomic E-state index is 0.0427. The smallest absolute Gasteiger partial charge is 0.307 e. The molecule has 0 aliphatic carbocycles. The summed E-state index contributed by atoms with van der Waals surface area (Å²) < 4.78 is 1.72. The molecule has 2 aromatic rings. The van der Waals surface area contributed by atoms with Gasteiger partial charge in [0.05, 0.1) is 6.54 Å². The minimum Gasteiger partial charge on any atom is -0.373 e.